The molecular weight excluding hydrogens is 292 g/mol. The summed E-state index contributed by atoms with van der Waals surface area (Å²) in [5.41, 5.74) is -1.18. The maximum absolute atomic E-state index is 12.0. The lowest BCUT2D eigenvalue weighted by molar-refractivity contribution is -0.157. The Morgan fingerprint density at radius 3 is 2.47 bits per heavy atom. The molecule has 2 unspecified atom stereocenters. The van der Waals surface area contributed by atoms with E-state index in [0.717, 1.165) is 0 Å². The molecule has 0 saturated heterocycles. The van der Waals surface area contributed by atoms with E-state index in [-0.39, 0.29) is 23.5 Å². The molecule has 1 aliphatic carbocycles. The Kier molecular flexibility index (Phi) is 4.68. The number of ether oxygens (including phenoxy) is 2. The molecule has 0 aromatic rings. The predicted molar refractivity (Wildman–Crippen MR) is 62.7 cm³/mol. The smallest absolute Gasteiger partial charge is 0.319 e. The Hall–Kier alpha value is -0.910. The van der Waals surface area contributed by atoms with E-state index in [9.17, 15) is 14.4 Å². The molecule has 1 rings (SSSR count). The van der Waals surface area contributed by atoms with Crippen molar-refractivity contribution in [3.8, 4) is 0 Å². The molecule has 1 fully saturated rings. The first-order valence-electron chi connectivity index (χ1n) is 5.31. The van der Waals surface area contributed by atoms with Gasteiger partial charge < -0.3 is 9.47 Å². The van der Waals surface area contributed by atoms with Gasteiger partial charge in [-0.15, -0.1) is 0 Å². The first-order valence-corrected chi connectivity index (χ1v) is 6.23. The quantitative estimate of drug-likeness (QED) is 0.444. The van der Waals surface area contributed by atoms with Crippen LogP contribution in [0, 0.1) is 5.41 Å². The topological polar surface area (TPSA) is 69.7 Å². The highest BCUT2D eigenvalue weighted by atomic mass is 79.9. The Labute approximate surface area is 108 Å². The lowest BCUT2D eigenvalue weighted by Gasteiger charge is -2.23. The lowest BCUT2D eigenvalue weighted by atomic mass is 9.80. The van der Waals surface area contributed by atoms with Crippen LogP contribution in [0.5, 0.6) is 0 Å². The highest BCUT2D eigenvalue weighted by Crippen LogP contribution is 2.42. The monoisotopic (exact) mass is 306 g/mol. The number of hydrogen-bond donors (Lipinski definition) is 0. The fourth-order valence-corrected chi connectivity index (χ4v) is 2.76. The van der Waals surface area contributed by atoms with Crippen molar-refractivity contribution in [3.63, 3.8) is 0 Å². The van der Waals surface area contributed by atoms with Gasteiger partial charge in [0, 0.05) is 6.42 Å². The van der Waals surface area contributed by atoms with E-state index in [4.69, 9.17) is 0 Å². The summed E-state index contributed by atoms with van der Waals surface area (Å²) in [6.45, 7) is 0. The normalized spacial score (nSPS) is 27.9. The number of hydrogen-bond acceptors (Lipinski definition) is 5. The number of rotatable bonds is 4. The number of carbonyl (C=O) groups is 3. The van der Waals surface area contributed by atoms with E-state index in [0.29, 0.717) is 12.8 Å². The molecule has 0 aromatic heterocycles. The standard InChI is InChI=1S/C11H15BrO5/c1-16-8(13)4-6-11(10(15)17-2)5-3-7(12)9(11)14/h7H,3-6H2,1-2H3. The number of carbonyl (C=O) groups excluding carboxylic acids is 3. The molecular formula is C11H15BrO5. The molecule has 0 heterocycles. The van der Waals surface area contributed by atoms with Gasteiger partial charge >= 0.3 is 11.9 Å². The summed E-state index contributed by atoms with van der Waals surface area (Å²) in [5, 5.41) is 0. The van der Waals surface area contributed by atoms with Crippen LogP contribution >= 0.6 is 15.9 Å². The fraction of sp³-hybridized carbons (Fsp3) is 0.727. The maximum Gasteiger partial charge on any atom is 0.319 e. The molecule has 96 valence electrons. The van der Waals surface area contributed by atoms with Crippen molar-refractivity contribution < 1.29 is 23.9 Å². The number of Topliss-reactive ketones (excluding diaryl/α,β-unsaturated/α-hetero) is 1. The summed E-state index contributed by atoms with van der Waals surface area (Å²) in [5.74, 6) is -1.19. The zero-order valence-electron chi connectivity index (χ0n) is 9.82. The minimum absolute atomic E-state index is 0.0387. The summed E-state index contributed by atoms with van der Waals surface area (Å²) in [6.07, 6.45) is 1.17. The Bertz CT molecular complexity index is 341. The number of esters is 2. The molecule has 0 spiro atoms. The van der Waals surface area contributed by atoms with Crippen molar-refractivity contribution in [2.75, 3.05) is 14.2 Å². The average molecular weight is 307 g/mol. The highest BCUT2D eigenvalue weighted by molar-refractivity contribution is 9.10. The number of methoxy groups -OCH3 is 2. The van der Waals surface area contributed by atoms with Crippen molar-refractivity contribution in [2.45, 2.75) is 30.5 Å². The summed E-state index contributed by atoms with van der Waals surface area (Å²) in [6, 6.07) is 0. The molecule has 17 heavy (non-hydrogen) atoms. The highest BCUT2D eigenvalue weighted by Gasteiger charge is 2.53. The second kappa shape index (κ2) is 5.62. The first-order chi connectivity index (χ1) is 7.97. The molecule has 0 bridgehead atoms. The number of alkyl halides is 1. The van der Waals surface area contributed by atoms with E-state index >= 15 is 0 Å². The molecule has 1 saturated carbocycles. The van der Waals surface area contributed by atoms with Crippen LogP contribution in [0.1, 0.15) is 25.7 Å². The van der Waals surface area contributed by atoms with Gasteiger partial charge in [-0.1, -0.05) is 15.9 Å². The third-order valence-corrected chi connectivity index (χ3v) is 4.01. The Balaban J connectivity index is 2.85. The average Bonchev–Trinajstić information content (AvgIpc) is 2.64. The van der Waals surface area contributed by atoms with Gasteiger partial charge in [-0.2, -0.15) is 0 Å². The van der Waals surface area contributed by atoms with Crippen molar-refractivity contribution >= 4 is 33.7 Å². The van der Waals surface area contributed by atoms with Gasteiger partial charge in [0.15, 0.2) is 5.78 Å². The van der Waals surface area contributed by atoms with E-state index in [1.165, 1.54) is 14.2 Å². The molecule has 0 N–H and O–H groups in total. The third-order valence-electron chi connectivity index (χ3n) is 3.14. The predicted octanol–water partition coefficient (Wildman–Crippen LogP) is 1.23. The van der Waals surface area contributed by atoms with Gasteiger partial charge in [0.25, 0.3) is 0 Å². The minimum Gasteiger partial charge on any atom is -0.469 e. The van der Waals surface area contributed by atoms with Crippen LogP contribution in [0.4, 0.5) is 0 Å². The second-order valence-electron chi connectivity index (χ2n) is 4.02. The molecule has 0 amide bonds. The van der Waals surface area contributed by atoms with Crippen LogP contribution in [-0.4, -0.2) is 36.8 Å². The van der Waals surface area contributed by atoms with Gasteiger partial charge in [0.05, 0.1) is 19.0 Å². The van der Waals surface area contributed by atoms with Crippen molar-refractivity contribution in [3.05, 3.63) is 0 Å². The van der Waals surface area contributed by atoms with Crippen LogP contribution in [0.3, 0.4) is 0 Å². The molecule has 6 heteroatoms. The molecule has 0 aromatic carbocycles. The van der Waals surface area contributed by atoms with Gasteiger partial charge in [0.1, 0.15) is 5.41 Å². The first kappa shape index (κ1) is 14.2. The zero-order valence-corrected chi connectivity index (χ0v) is 11.4. The largest absolute Gasteiger partial charge is 0.469 e. The van der Waals surface area contributed by atoms with Crippen molar-refractivity contribution in [1.82, 2.24) is 0 Å². The Morgan fingerprint density at radius 1 is 1.41 bits per heavy atom. The van der Waals surface area contributed by atoms with Crippen molar-refractivity contribution in [1.29, 1.82) is 0 Å². The van der Waals surface area contributed by atoms with Gasteiger partial charge in [-0.3, -0.25) is 14.4 Å². The van der Waals surface area contributed by atoms with Gasteiger partial charge in [-0.25, -0.2) is 0 Å². The molecule has 0 radical (unpaired) electrons. The molecule has 0 aliphatic heterocycles. The van der Waals surface area contributed by atoms with E-state index < -0.39 is 17.4 Å². The van der Waals surface area contributed by atoms with Gasteiger partial charge in [-0.05, 0) is 19.3 Å². The van der Waals surface area contributed by atoms with Crippen LogP contribution in [0.15, 0.2) is 0 Å². The summed E-state index contributed by atoms with van der Waals surface area (Å²) in [4.78, 5) is 34.6. The van der Waals surface area contributed by atoms with E-state index in [2.05, 4.69) is 25.4 Å². The molecule has 1 aliphatic rings. The van der Waals surface area contributed by atoms with E-state index in [1.807, 2.05) is 0 Å². The van der Waals surface area contributed by atoms with Crippen molar-refractivity contribution in [2.24, 2.45) is 5.41 Å². The minimum atomic E-state index is -1.18. The zero-order chi connectivity index (χ0) is 13.1. The summed E-state index contributed by atoms with van der Waals surface area (Å²) < 4.78 is 9.21. The Morgan fingerprint density at radius 2 is 2.06 bits per heavy atom. The molecule has 5 nitrogen and oxygen atoms in total. The maximum atomic E-state index is 12.0. The van der Waals surface area contributed by atoms with Gasteiger partial charge in [0.2, 0.25) is 0 Å². The van der Waals surface area contributed by atoms with Crippen LogP contribution in [0.2, 0.25) is 0 Å². The summed E-state index contributed by atoms with van der Waals surface area (Å²) >= 11 is 3.23. The second-order valence-corrected chi connectivity index (χ2v) is 5.13. The molecule has 2 atom stereocenters. The van der Waals surface area contributed by atoms with Crippen LogP contribution in [-0.2, 0) is 23.9 Å². The SMILES string of the molecule is COC(=O)CCC1(C(=O)OC)CCC(Br)C1=O. The number of ketones is 1. The van der Waals surface area contributed by atoms with E-state index in [1.54, 1.807) is 0 Å². The lowest BCUT2D eigenvalue weighted by Crippen LogP contribution is -2.38. The van der Waals surface area contributed by atoms with Crippen LogP contribution < -0.4 is 0 Å². The fourth-order valence-electron chi connectivity index (χ4n) is 2.09. The third kappa shape index (κ3) is 2.68. The van der Waals surface area contributed by atoms with Crippen LogP contribution in [0.25, 0.3) is 0 Å². The number of halogens is 1. The summed E-state index contributed by atoms with van der Waals surface area (Å²) in [7, 11) is 2.52.